The lowest BCUT2D eigenvalue weighted by atomic mass is 10.2. The Hall–Kier alpha value is -0.870. The first-order valence-corrected chi connectivity index (χ1v) is 6.13. The quantitative estimate of drug-likeness (QED) is 0.636. The van der Waals surface area contributed by atoms with E-state index >= 15 is 0 Å². The summed E-state index contributed by atoms with van der Waals surface area (Å²) < 4.78 is 10.3. The smallest absolute Gasteiger partial charge is 0.414 e. The highest BCUT2D eigenvalue weighted by Crippen LogP contribution is 2.21. The molecule has 2 heterocycles. The Morgan fingerprint density at radius 2 is 2.54 bits per heavy atom. The van der Waals surface area contributed by atoms with E-state index in [2.05, 4.69) is 7.75 Å². The highest BCUT2D eigenvalue weighted by Gasteiger charge is 2.22. The van der Waals surface area contributed by atoms with Gasteiger partial charge in [-0.05, 0) is 30.9 Å². The molecule has 0 fully saturated rings. The fraction of sp³-hybridized carbons (Fsp3) is 0.222. The van der Waals surface area contributed by atoms with Gasteiger partial charge in [-0.25, -0.2) is 4.79 Å². The lowest BCUT2D eigenvalue weighted by Crippen LogP contribution is -2.32. The standard InChI is InChI=1S/C9H8INO2/c1-11-8-3-5-10-4-2-7(8)6-13-9(11)12/h2-4H,6H2,1H3. The maximum atomic E-state index is 11.2. The second kappa shape index (κ2) is 3.47. The third-order valence-electron chi connectivity index (χ3n) is 1.90. The van der Waals surface area contributed by atoms with Crippen molar-refractivity contribution in [2.45, 2.75) is 0 Å². The lowest BCUT2D eigenvalue weighted by Gasteiger charge is -2.24. The lowest BCUT2D eigenvalue weighted by molar-refractivity contribution is 0.121. The summed E-state index contributed by atoms with van der Waals surface area (Å²) in [6, 6.07) is 0. The highest BCUT2D eigenvalue weighted by molar-refractivity contribution is 14.2. The summed E-state index contributed by atoms with van der Waals surface area (Å²) in [5.41, 5.74) is 1.98. The number of amides is 1. The van der Waals surface area contributed by atoms with Crippen molar-refractivity contribution in [1.29, 1.82) is 0 Å². The number of cyclic esters (lactones) is 1. The van der Waals surface area contributed by atoms with E-state index < -0.39 is 0 Å². The Kier molecular flexibility index (Phi) is 2.33. The Labute approximate surface area is 86.1 Å². The van der Waals surface area contributed by atoms with E-state index in [0.29, 0.717) is 6.61 Å². The largest absolute Gasteiger partial charge is 0.444 e. The van der Waals surface area contributed by atoms with Crippen LogP contribution in [0.4, 0.5) is 4.79 Å². The van der Waals surface area contributed by atoms with Crippen molar-refractivity contribution in [2.24, 2.45) is 0 Å². The van der Waals surface area contributed by atoms with Gasteiger partial charge in [0.25, 0.3) is 0 Å². The molecule has 0 bridgehead atoms. The molecule has 1 amide bonds. The Bertz CT molecular complexity index is 375. The molecule has 0 unspecified atom stereocenters. The average Bonchev–Trinajstić information content (AvgIpc) is 2.36. The monoisotopic (exact) mass is 289 g/mol. The van der Waals surface area contributed by atoms with Crippen LogP contribution >= 0.6 is 20.7 Å². The first-order chi connectivity index (χ1) is 6.29. The molecule has 4 heteroatoms. The van der Waals surface area contributed by atoms with Crippen molar-refractivity contribution in [3.05, 3.63) is 27.5 Å². The predicted octanol–water partition coefficient (Wildman–Crippen LogP) is 1.78. The molecular formula is C9H8INO2. The van der Waals surface area contributed by atoms with Gasteiger partial charge >= 0.3 is 6.09 Å². The number of rotatable bonds is 0. The molecule has 2 aliphatic rings. The van der Waals surface area contributed by atoms with E-state index in [9.17, 15) is 4.79 Å². The van der Waals surface area contributed by atoms with Gasteiger partial charge in [0.1, 0.15) is 6.61 Å². The first kappa shape index (κ1) is 8.72. The third kappa shape index (κ3) is 1.59. The van der Waals surface area contributed by atoms with Crippen LogP contribution < -0.4 is 0 Å². The van der Waals surface area contributed by atoms with Crippen LogP contribution in [0.25, 0.3) is 0 Å². The van der Waals surface area contributed by atoms with Crippen LogP contribution in [-0.2, 0) is 4.74 Å². The van der Waals surface area contributed by atoms with Crippen molar-refractivity contribution in [3.8, 4) is 0 Å². The molecule has 0 N–H and O–H groups in total. The SMILES string of the molecule is CN1C(=O)OCC2=C1C=C=IC=C2. The molecule has 0 aliphatic carbocycles. The number of likely N-dealkylation sites (N-methyl/N-ethyl adjacent to an activating group) is 1. The molecule has 0 aromatic rings. The summed E-state index contributed by atoms with van der Waals surface area (Å²) in [6.07, 6.45) is 3.63. The number of ether oxygens (including phenoxy) is 1. The summed E-state index contributed by atoms with van der Waals surface area (Å²) in [5, 5.41) is 0. The molecular weight excluding hydrogens is 281 g/mol. The van der Waals surface area contributed by atoms with Gasteiger partial charge in [0.05, 0.1) is 5.70 Å². The van der Waals surface area contributed by atoms with Crippen molar-refractivity contribution in [1.82, 2.24) is 4.90 Å². The van der Waals surface area contributed by atoms with Crippen LogP contribution in [0, 0.1) is 0 Å². The Morgan fingerprint density at radius 3 is 3.38 bits per heavy atom. The molecule has 0 aromatic carbocycles. The summed E-state index contributed by atoms with van der Waals surface area (Å²) in [5.74, 6) is 0. The Balaban J connectivity index is 2.47. The fourth-order valence-electron chi connectivity index (χ4n) is 1.17. The zero-order valence-electron chi connectivity index (χ0n) is 7.08. The molecule has 0 spiro atoms. The van der Waals surface area contributed by atoms with Crippen LogP contribution in [-0.4, -0.2) is 28.3 Å². The topological polar surface area (TPSA) is 29.5 Å². The van der Waals surface area contributed by atoms with Gasteiger partial charge in [0.15, 0.2) is 0 Å². The van der Waals surface area contributed by atoms with E-state index in [1.165, 1.54) is 4.90 Å². The summed E-state index contributed by atoms with van der Waals surface area (Å²) in [6.45, 7) is 0.386. The van der Waals surface area contributed by atoms with Gasteiger partial charge in [-0.2, -0.15) is 0 Å². The fourth-order valence-corrected chi connectivity index (χ4v) is 2.47. The highest BCUT2D eigenvalue weighted by atomic mass is 127. The van der Waals surface area contributed by atoms with Crippen molar-refractivity contribution >= 4 is 30.5 Å². The van der Waals surface area contributed by atoms with E-state index in [-0.39, 0.29) is 26.8 Å². The number of hydrogen-bond acceptors (Lipinski definition) is 2. The number of hydrogen-bond donors (Lipinski definition) is 0. The molecule has 68 valence electrons. The zero-order valence-corrected chi connectivity index (χ0v) is 9.24. The van der Waals surface area contributed by atoms with E-state index in [1.807, 2.05) is 12.2 Å². The van der Waals surface area contributed by atoms with Crippen molar-refractivity contribution in [3.63, 3.8) is 0 Å². The molecule has 13 heavy (non-hydrogen) atoms. The van der Waals surface area contributed by atoms with Gasteiger partial charge < -0.3 is 4.74 Å². The average molecular weight is 289 g/mol. The van der Waals surface area contributed by atoms with Crippen molar-refractivity contribution < 1.29 is 9.53 Å². The molecule has 3 nitrogen and oxygen atoms in total. The van der Waals surface area contributed by atoms with Crippen LogP contribution in [0.5, 0.6) is 0 Å². The summed E-state index contributed by atoms with van der Waals surface area (Å²) >= 11 is -0.107. The molecule has 0 atom stereocenters. The van der Waals surface area contributed by atoms with Crippen LogP contribution in [0.15, 0.2) is 27.5 Å². The third-order valence-corrected chi connectivity index (χ3v) is 3.29. The van der Waals surface area contributed by atoms with Gasteiger partial charge in [-0.1, -0.05) is 3.67 Å². The number of allylic oxidation sites excluding steroid dienone is 1. The zero-order chi connectivity index (χ0) is 9.26. The minimum Gasteiger partial charge on any atom is -0.444 e. The second-order valence-corrected chi connectivity index (χ2v) is 4.64. The van der Waals surface area contributed by atoms with E-state index in [0.717, 1.165) is 11.3 Å². The first-order valence-electron chi connectivity index (χ1n) is 3.80. The Morgan fingerprint density at radius 1 is 1.69 bits per heavy atom. The van der Waals surface area contributed by atoms with E-state index in [4.69, 9.17) is 4.74 Å². The van der Waals surface area contributed by atoms with Gasteiger partial charge in [-0.3, -0.25) is 4.90 Å². The maximum Gasteiger partial charge on any atom is 0.414 e. The minimum atomic E-state index is -0.287. The summed E-state index contributed by atoms with van der Waals surface area (Å²) in [7, 11) is 1.71. The van der Waals surface area contributed by atoms with Gasteiger partial charge in [0.2, 0.25) is 0 Å². The molecule has 0 saturated heterocycles. The predicted molar refractivity (Wildman–Crippen MR) is 58.9 cm³/mol. The van der Waals surface area contributed by atoms with Crippen LogP contribution in [0.2, 0.25) is 0 Å². The molecule has 0 aromatic heterocycles. The molecule has 0 radical (unpaired) electrons. The van der Waals surface area contributed by atoms with Crippen LogP contribution in [0.3, 0.4) is 0 Å². The number of halogens is 1. The van der Waals surface area contributed by atoms with Crippen LogP contribution in [0.1, 0.15) is 0 Å². The maximum absolute atomic E-state index is 11.2. The molecule has 0 saturated carbocycles. The molecule has 2 aliphatic heterocycles. The van der Waals surface area contributed by atoms with E-state index in [1.54, 1.807) is 7.05 Å². The van der Waals surface area contributed by atoms with Gasteiger partial charge in [0, 0.05) is 18.7 Å². The number of carbonyl (C=O) groups excluding carboxylic acids is 1. The number of nitrogens with zero attached hydrogens (tertiary/aromatic N) is 1. The molecule has 2 rings (SSSR count). The van der Waals surface area contributed by atoms with Crippen molar-refractivity contribution in [2.75, 3.05) is 13.7 Å². The summed E-state index contributed by atoms with van der Waals surface area (Å²) in [4.78, 5) is 12.7. The van der Waals surface area contributed by atoms with Gasteiger partial charge in [-0.15, -0.1) is 0 Å². The number of carbonyl (C=O) groups is 1. The second-order valence-electron chi connectivity index (χ2n) is 2.68. The normalized spacial score (nSPS) is 20.7. The minimum absolute atomic E-state index is 0.107.